The summed E-state index contributed by atoms with van der Waals surface area (Å²) >= 11 is 0. The second kappa shape index (κ2) is 7.49. The molecule has 1 amide bonds. The van der Waals surface area contributed by atoms with Crippen molar-refractivity contribution >= 4 is 5.91 Å². The number of likely N-dealkylation sites (tertiary alicyclic amines) is 1. The zero-order chi connectivity index (χ0) is 12.7. The van der Waals surface area contributed by atoms with E-state index in [4.69, 9.17) is 5.11 Å². The highest BCUT2D eigenvalue weighted by molar-refractivity contribution is 5.87. The van der Waals surface area contributed by atoms with Crippen LogP contribution in [0.15, 0.2) is 12.2 Å². The highest BCUT2D eigenvalue weighted by Gasteiger charge is 2.21. The summed E-state index contributed by atoms with van der Waals surface area (Å²) in [4.78, 5) is 13.5. The van der Waals surface area contributed by atoms with Gasteiger partial charge < -0.3 is 10.0 Å². The van der Waals surface area contributed by atoms with Gasteiger partial charge in [0, 0.05) is 19.2 Å². The van der Waals surface area contributed by atoms with Crippen LogP contribution in [0.25, 0.3) is 0 Å². The first-order chi connectivity index (χ1) is 8.13. The van der Waals surface area contributed by atoms with Crippen molar-refractivity contribution in [1.29, 1.82) is 0 Å². The van der Waals surface area contributed by atoms with Crippen LogP contribution in [0.5, 0.6) is 0 Å². The zero-order valence-electron chi connectivity index (χ0n) is 11.1. The molecule has 1 rings (SSSR count). The molecule has 1 N–H and O–H groups in total. The molecule has 17 heavy (non-hydrogen) atoms. The fourth-order valence-corrected chi connectivity index (χ4v) is 2.27. The normalized spacial score (nSPS) is 18.2. The molecule has 0 aromatic rings. The van der Waals surface area contributed by atoms with Crippen LogP contribution in [-0.2, 0) is 4.79 Å². The quantitative estimate of drug-likeness (QED) is 0.747. The van der Waals surface area contributed by atoms with Gasteiger partial charge in [-0.2, -0.15) is 0 Å². The summed E-state index contributed by atoms with van der Waals surface area (Å²) < 4.78 is 0. The lowest BCUT2D eigenvalue weighted by molar-refractivity contribution is -0.127. The molecule has 0 atom stereocenters. The van der Waals surface area contributed by atoms with Crippen LogP contribution in [0.2, 0.25) is 0 Å². The van der Waals surface area contributed by atoms with Crippen molar-refractivity contribution in [1.82, 2.24) is 4.90 Å². The van der Waals surface area contributed by atoms with Crippen LogP contribution in [0.1, 0.15) is 39.5 Å². The lowest BCUT2D eigenvalue weighted by atomic mass is 9.89. The Morgan fingerprint density at radius 2 is 2.06 bits per heavy atom. The molecule has 0 unspecified atom stereocenters. The number of hydrogen-bond acceptors (Lipinski definition) is 2. The Labute approximate surface area is 105 Å². The molecule has 3 heteroatoms. The number of rotatable bonds is 5. The number of amides is 1. The van der Waals surface area contributed by atoms with E-state index in [0.29, 0.717) is 0 Å². The molecule has 0 aliphatic carbocycles. The van der Waals surface area contributed by atoms with Crippen LogP contribution >= 0.6 is 0 Å². The van der Waals surface area contributed by atoms with Crippen molar-refractivity contribution in [3.63, 3.8) is 0 Å². The largest absolute Gasteiger partial charge is 0.392 e. The molecule has 0 bridgehead atoms. The first-order valence-electron chi connectivity index (χ1n) is 6.69. The van der Waals surface area contributed by atoms with Crippen LogP contribution in [0, 0.1) is 11.8 Å². The molecule has 3 nitrogen and oxygen atoms in total. The molecule has 1 aliphatic rings. The van der Waals surface area contributed by atoms with Gasteiger partial charge in [0.1, 0.15) is 0 Å². The Bertz CT molecular complexity index is 253. The van der Waals surface area contributed by atoms with Gasteiger partial charge in [0.05, 0.1) is 6.61 Å². The molecule has 0 radical (unpaired) electrons. The average Bonchev–Trinajstić information content (AvgIpc) is 2.34. The first kappa shape index (κ1) is 14.2. The lowest BCUT2D eigenvalue weighted by Crippen LogP contribution is -2.37. The summed E-state index contributed by atoms with van der Waals surface area (Å²) in [6.07, 6.45) is 7.84. The third-order valence-electron chi connectivity index (χ3n) is 3.44. The maximum Gasteiger partial charge on any atom is 0.246 e. The Morgan fingerprint density at radius 1 is 1.41 bits per heavy atom. The molecular formula is C14H25NO2. The molecular weight excluding hydrogens is 214 g/mol. The third-order valence-corrected chi connectivity index (χ3v) is 3.44. The number of aliphatic hydroxyl groups excluding tert-OH is 1. The van der Waals surface area contributed by atoms with Crippen LogP contribution in [-0.4, -0.2) is 35.6 Å². The van der Waals surface area contributed by atoms with E-state index >= 15 is 0 Å². The SMILES string of the molecule is CC(C)CCC1CCN(C(=O)/C=C/CO)CC1. The molecule has 0 aromatic heterocycles. The molecule has 1 aliphatic heterocycles. The summed E-state index contributed by atoms with van der Waals surface area (Å²) in [6.45, 7) is 6.21. The molecule has 1 heterocycles. The Kier molecular flexibility index (Phi) is 6.27. The van der Waals surface area contributed by atoms with E-state index in [-0.39, 0.29) is 12.5 Å². The summed E-state index contributed by atoms with van der Waals surface area (Å²) in [5.41, 5.74) is 0. The van der Waals surface area contributed by atoms with E-state index < -0.39 is 0 Å². The molecule has 98 valence electrons. The highest BCUT2D eigenvalue weighted by atomic mass is 16.2. The van der Waals surface area contributed by atoms with E-state index in [9.17, 15) is 4.79 Å². The van der Waals surface area contributed by atoms with E-state index in [0.717, 1.165) is 37.8 Å². The van der Waals surface area contributed by atoms with Gasteiger partial charge in [-0.15, -0.1) is 0 Å². The van der Waals surface area contributed by atoms with Gasteiger partial charge in [0.25, 0.3) is 0 Å². The maximum absolute atomic E-state index is 11.7. The second-order valence-corrected chi connectivity index (χ2v) is 5.32. The van der Waals surface area contributed by atoms with Crippen molar-refractivity contribution in [3.05, 3.63) is 12.2 Å². The fourth-order valence-electron chi connectivity index (χ4n) is 2.27. The van der Waals surface area contributed by atoms with Gasteiger partial charge in [0.15, 0.2) is 0 Å². The van der Waals surface area contributed by atoms with Gasteiger partial charge in [-0.3, -0.25) is 4.79 Å². The van der Waals surface area contributed by atoms with Crippen molar-refractivity contribution in [3.8, 4) is 0 Å². The number of piperidine rings is 1. The fraction of sp³-hybridized carbons (Fsp3) is 0.786. The van der Waals surface area contributed by atoms with E-state index in [1.54, 1.807) is 0 Å². The highest BCUT2D eigenvalue weighted by Crippen LogP contribution is 2.23. The van der Waals surface area contributed by atoms with Gasteiger partial charge in [-0.05, 0) is 24.7 Å². The van der Waals surface area contributed by atoms with E-state index in [2.05, 4.69) is 13.8 Å². The van der Waals surface area contributed by atoms with Gasteiger partial charge in [0.2, 0.25) is 5.91 Å². The molecule has 1 fully saturated rings. The zero-order valence-corrected chi connectivity index (χ0v) is 11.1. The lowest BCUT2D eigenvalue weighted by Gasteiger charge is -2.31. The minimum absolute atomic E-state index is 0.0429. The van der Waals surface area contributed by atoms with Gasteiger partial charge in [-0.1, -0.05) is 32.8 Å². The van der Waals surface area contributed by atoms with Crippen molar-refractivity contribution < 1.29 is 9.90 Å². The smallest absolute Gasteiger partial charge is 0.246 e. The first-order valence-corrected chi connectivity index (χ1v) is 6.69. The standard InChI is InChI=1S/C14H25NO2/c1-12(2)5-6-13-7-9-15(10-8-13)14(17)4-3-11-16/h3-4,12-13,16H,5-11H2,1-2H3/b4-3+. The van der Waals surface area contributed by atoms with Gasteiger partial charge in [-0.25, -0.2) is 0 Å². The van der Waals surface area contributed by atoms with Crippen LogP contribution in [0.3, 0.4) is 0 Å². The topological polar surface area (TPSA) is 40.5 Å². The van der Waals surface area contributed by atoms with E-state index in [1.165, 1.54) is 25.0 Å². The minimum Gasteiger partial charge on any atom is -0.392 e. The number of aliphatic hydroxyl groups is 1. The predicted octanol–water partition coefficient (Wildman–Crippen LogP) is 2.21. The summed E-state index contributed by atoms with van der Waals surface area (Å²) in [5, 5.41) is 8.62. The summed E-state index contributed by atoms with van der Waals surface area (Å²) in [6, 6.07) is 0. The Balaban J connectivity index is 2.25. The average molecular weight is 239 g/mol. The maximum atomic E-state index is 11.7. The predicted molar refractivity (Wildman–Crippen MR) is 69.6 cm³/mol. The summed E-state index contributed by atoms with van der Waals surface area (Å²) in [5.74, 6) is 1.62. The van der Waals surface area contributed by atoms with E-state index in [1.807, 2.05) is 4.90 Å². The van der Waals surface area contributed by atoms with Crippen LogP contribution < -0.4 is 0 Å². The molecule has 1 saturated heterocycles. The number of carbonyl (C=O) groups excluding carboxylic acids is 1. The third kappa shape index (κ3) is 5.35. The molecule has 0 aromatic carbocycles. The number of carbonyl (C=O) groups is 1. The molecule has 0 saturated carbocycles. The Morgan fingerprint density at radius 3 is 2.59 bits per heavy atom. The number of nitrogens with zero attached hydrogens (tertiary/aromatic N) is 1. The number of hydrogen-bond donors (Lipinski definition) is 1. The van der Waals surface area contributed by atoms with Crippen molar-refractivity contribution in [2.75, 3.05) is 19.7 Å². The minimum atomic E-state index is -0.0589. The van der Waals surface area contributed by atoms with Gasteiger partial charge >= 0.3 is 0 Å². The van der Waals surface area contributed by atoms with Crippen molar-refractivity contribution in [2.24, 2.45) is 11.8 Å². The van der Waals surface area contributed by atoms with Crippen molar-refractivity contribution in [2.45, 2.75) is 39.5 Å². The monoisotopic (exact) mass is 239 g/mol. The van der Waals surface area contributed by atoms with Crippen LogP contribution in [0.4, 0.5) is 0 Å². The Hall–Kier alpha value is -0.830. The second-order valence-electron chi connectivity index (χ2n) is 5.32. The summed E-state index contributed by atoms with van der Waals surface area (Å²) in [7, 11) is 0. The molecule has 0 spiro atoms.